The molecule has 0 bridgehead atoms. The molecule has 13 heteroatoms. The maximum absolute atomic E-state index is 11.5. The Bertz CT molecular complexity index is 1130. The number of aliphatic hydroxyl groups excluding tert-OH is 3. The van der Waals surface area contributed by atoms with Gasteiger partial charge in [-0.2, -0.15) is 0 Å². The lowest BCUT2D eigenvalue weighted by Gasteiger charge is -2.46. The second-order valence-corrected chi connectivity index (χ2v) is 9.21. The minimum absolute atomic E-state index is 0.0817. The molecule has 0 saturated carbocycles. The van der Waals surface area contributed by atoms with Crippen molar-refractivity contribution in [1.29, 1.82) is 0 Å². The summed E-state index contributed by atoms with van der Waals surface area (Å²) in [6.45, 7) is 0.637. The number of aliphatic hydroxyl groups is 6. The fraction of sp³-hybridized carbons (Fsp3) is 0.591. The van der Waals surface area contributed by atoms with Crippen molar-refractivity contribution in [2.24, 2.45) is 0 Å². The predicted molar refractivity (Wildman–Crippen MR) is 114 cm³/mol. The average molecular weight is 500 g/mol. The first-order chi connectivity index (χ1) is 16.3. The van der Waals surface area contributed by atoms with Gasteiger partial charge in [0.1, 0.15) is 35.1 Å². The molecule has 7 N–H and O–H groups in total. The predicted octanol–water partition coefficient (Wildman–Crippen LogP) is -2.08. The Morgan fingerprint density at radius 2 is 1.83 bits per heavy atom. The van der Waals surface area contributed by atoms with Crippen LogP contribution in [0.15, 0.2) is 33.5 Å². The molecule has 3 heterocycles. The van der Waals surface area contributed by atoms with Crippen LogP contribution in [0.5, 0.6) is 11.5 Å². The summed E-state index contributed by atoms with van der Waals surface area (Å²) >= 11 is 0. The van der Waals surface area contributed by atoms with Crippen LogP contribution < -0.4 is 10.4 Å². The zero-order chi connectivity index (χ0) is 25.8. The number of benzene rings is 1. The van der Waals surface area contributed by atoms with Crippen molar-refractivity contribution in [3.8, 4) is 11.5 Å². The topological polar surface area (TPSA) is 209 Å². The van der Waals surface area contributed by atoms with E-state index in [9.17, 15) is 40.5 Å². The Hall–Kier alpha value is -2.33. The van der Waals surface area contributed by atoms with Gasteiger partial charge in [-0.05, 0) is 26.0 Å². The van der Waals surface area contributed by atoms with Crippen LogP contribution in [0.2, 0.25) is 0 Å². The summed E-state index contributed by atoms with van der Waals surface area (Å²) in [7, 11) is 0. The molecule has 0 amide bonds. The van der Waals surface area contributed by atoms with Crippen molar-refractivity contribution < 1.29 is 59.1 Å². The quantitative estimate of drug-likeness (QED) is 0.213. The molecule has 2 saturated heterocycles. The van der Waals surface area contributed by atoms with E-state index in [1.165, 1.54) is 31.2 Å². The molecule has 0 aliphatic carbocycles. The molecular formula is C22H28O13. The summed E-state index contributed by atoms with van der Waals surface area (Å²) in [5.41, 5.74) is -6.72. The monoisotopic (exact) mass is 500 g/mol. The zero-order valence-electron chi connectivity index (χ0n) is 18.9. The lowest BCUT2D eigenvalue weighted by atomic mass is 9.87. The first-order valence-electron chi connectivity index (χ1n) is 10.8. The smallest absolute Gasteiger partial charge is 0.336 e. The van der Waals surface area contributed by atoms with Crippen molar-refractivity contribution in [2.45, 2.75) is 61.5 Å². The van der Waals surface area contributed by atoms with E-state index in [-0.39, 0.29) is 17.1 Å². The number of hydrogen-bond acceptors (Lipinski definition) is 13. The summed E-state index contributed by atoms with van der Waals surface area (Å²) in [6.07, 6.45) is -7.85. The van der Waals surface area contributed by atoms with Crippen LogP contribution in [0, 0.1) is 0 Å². The Morgan fingerprint density at radius 1 is 1.11 bits per heavy atom. The highest BCUT2D eigenvalue weighted by Gasteiger charge is 2.59. The standard InChI is InChI=1S/C22H28O13/c1-20(28)17(27)16(26)14(7-31-19-21(2,29)22(30,8-23)9-32-19)35-18(20)34-13-6-12-10(5-11(13)24)3-4-15(25)33-12/h3-6,14,16-19,23-24,26-30H,7-9H2,1-2H3. The minimum Gasteiger partial charge on any atom is -0.504 e. The molecule has 0 spiro atoms. The molecule has 2 aliphatic rings. The van der Waals surface area contributed by atoms with Crippen LogP contribution in [0.25, 0.3) is 11.0 Å². The van der Waals surface area contributed by atoms with Crippen LogP contribution in [0.3, 0.4) is 0 Å². The fourth-order valence-electron chi connectivity index (χ4n) is 3.98. The van der Waals surface area contributed by atoms with Crippen molar-refractivity contribution in [2.75, 3.05) is 19.8 Å². The van der Waals surface area contributed by atoms with Crippen LogP contribution in [-0.4, -0.2) is 103 Å². The number of ether oxygens (including phenoxy) is 4. The molecule has 13 nitrogen and oxygen atoms in total. The Labute approximate surface area is 198 Å². The first-order valence-corrected chi connectivity index (χ1v) is 10.8. The first kappa shape index (κ1) is 25.8. The molecular weight excluding hydrogens is 472 g/mol. The van der Waals surface area contributed by atoms with E-state index in [1.807, 2.05) is 0 Å². The molecule has 1 aromatic heterocycles. The van der Waals surface area contributed by atoms with E-state index < -0.39 is 73.1 Å². The number of rotatable bonds is 6. The zero-order valence-corrected chi connectivity index (χ0v) is 18.9. The van der Waals surface area contributed by atoms with E-state index >= 15 is 0 Å². The largest absolute Gasteiger partial charge is 0.504 e. The van der Waals surface area contributed by atoms with Gasteiger partial charge in [-0.1, -0.05) is 0 Å². The van der Waals surface area contributed by atoms with Gasteiger partial charge in [-0.15, -0.1) is 0 Å². The average Bonchev–Trinajstić information content (AvgIpc) is 3.03. The van der Waals surface area contributed by atoms with E-state index in [0.29, 0.717) is 5.39 Å². The van der Waals surface area contributed by atoms with Gasteiger partial charge in [0.15, 0.2) is 23.4 Å². The van der Waals surface area contributed by atoms with Crippen molar-refractivity contribution in [3.63, 3.8) is 0 Å². The molecule has 2 aromatic rings. The van der Waals surface area contributed by atoms with Gasteiger partial charge in [0.2, 0.25) is 6.29 Å². The molecule has 0 radical (unpaired) electrons. The molecule has 8 unspecified atom stereocenters. The van der Waals surface area contributed by atoms with Crippen molar-refractivity contribution >= 4 is 11.0 Å². The van der Waals surface area contributed by atoms with E-state index in [0.717, 1.165) is 6.92 Å². The van der Waals surface area contributed by atoms with E-state index in [1.54, 1.807) is 0 Å². The Kier molecular flexibility index (Phi) is 6.59. The van der Waals surface area contributed by atoms with Gasteiger partial charge >= 0.3 is 5.63 Å². The lowest BCUT2D eigenvalue weighted by molar-refractivity contribution is -0.324. The number of aromatic hydroxyl groups is 1. The molecule has 2 fully saturated rings. The fourth-order valence-corrected chi connectivity index (χ4v) is 3.98. The summed E-state index contributed by atoms with van der Waals surface area (Å²) in [6, 6.07) is 5.07. The van der Waals surface area contributed by atoms with Crippen LogP contribution in [0.1, 0.15) is 13.8 Å². The minimum atomic E-state index is -2.17. The second kappa shape index (κ2) is 8.96. The second-order valence-electron chi connectivity index (χ2n) is 9.21. The van der Waals surface area contributed by atoms with Crippen LogP contribution in [0.4, 0.5) is 0 Å². The Morgan fingerprint density at radius 3 is 2.49 bits per heavy atom. The molecule has 2 aliphatic heterocycles. The normalized spacial score (nSPS) is 39.7. The SMILES string of the molecule is CC1(O)C(Oc2cc3oc(=O)ccc3cc2O)OC(COC2OCC(O)(CO)C2(C)O)C(O)C1O. The molecule has 194 valence electrons. The molecule has 8 atom stereocenters. The Balaban J connectivity index is 1.53. The highest BCUT2D eigenvalue weighted by Crippen LogP contribution is 2.38. The van der Waals surface area contributed by atoms with Gasteiger partial charge in [-0.25, -0.2) is 4.79 Å². The van der Waals surface area contributed by atoms with E-state index in [4.69, 9.17) is 23.4 Å². The van der Waals surface area contributed by atoms with Gasteiger partial charge in [0, 0.05) is 17.5 Å². The number of fused-ring (bicyclic) bond motifs is 1. The third-order valence-corrected chi connectivity index (χ3v) is 6.56. The summed E-state index contributed by atoms with van der Waals surface area (Å²) in [4.78, 5) is 11.5. The molecule has 4 rings (SSSR count). The van der Waals surface area contributed by atoms with E-state index in [2.05, 4.69) is 0 Å². The third kappa shape index (κ3) is 4.39. The van der Waals surface area contributed by atoms with Crippen molar-refractivity contribution in [3.05, 3.63) is 34.7 Å². The summed E-state index contributed by atoms with van der Waals surface area (Å²) in [5, 5.41) is 72.7. The highest BCUT2D eigenvalue weighted by molar-refractivity contribution is 5.80. The van der Waals surface area contributed by atoms with Gasteiger partial charge in [-0.3, -0.25) is 0 Å². The maximum atomic E-state index is 11.5. The lowest BCUT2D eigenvalue weighted by Crippen LogP contribution is -2.67. The highest BCUT2D eigenvalue weighted by atomic mass is 16.7. The maximum Gasteiger partial charge on any atom is 0.336 e. The van der Waals surface area contributed by atoms with Crippen LogP contribution >= 0.6 is 0 Å². The van der Waals surface area contributed by atoms with Crippen LogP contribution in [-0.2, 0) is 14.2 Å². The number of phenols is 1. The summed E-state index contributed by atoms with van der Waals surface area (Å²) < 4.78 is 27.0. The van der Waals surface area contributed by atoms with Gasteiger partial charge < -0.3 is 59.1 Å². The van der Waals surface area contributed by atoms with Gasteiger partial charge in [0.05, 0.1) is 19.8 Å². The van der Waals surface area contributed by atoms with Gasteiger partial charge in [0.25, 0.3) is 0 Å². The molecule has 1 aromatic carbocycles. The van der Waals surface area contributed by atoms with Crippen molar-refractivity contribution in [1.82, 2.24) is 0 Å². The third-order valence-electron chi connectivity index (χ3n) is 6.56. The molecule has 35 heavy (non-hydrogen) atoms. The number of phenolic OH excluding ortho intramolecular Hbond substituents is 1. The number of hydrogen-bond donors (Lipinski definition) is 7. The summed E-state index contributed by atoms with van der Waals surface area (Å²) in [5.74, 6) is -0.617.